The van der Waals surface area contributed by atoms with Gasteiger partial charge in [-0.05, 0) is 56.0 Å². The number of nitrogens with zero attached hydrogens (tertiary/aromatic N) is 2. The summed E-state index contributed by atoms with van der Waals surface area (Å²) in [6, 6.07) is 11.4. The Morgan fingerprint density at radius 1 is 1.31 bits per heavy atom. The Balaban J connectivity index is 1.66. The number of nitrogens with one attached hydrogen (secondary N) is 1. The Hall–Kier alpha value is -3.23. The van der Waals surface area contributed by atoms with Gasteiger partial charge in [0.15, 0.2) is 0 Å². The standard InChI is InChI=1S/C24H27N3O5/c1-14(2)31-21-10-7-15(13-19(21)24(29)30-3)23-26-22(27-32-23)18-6-4-5-17-16(18)8-9-20(17)25-11-12-28/h4-7,10,13-14,20,25,28H,8-9,11-12H2,1-3H3. The molecule has 1 aromatic heterocycles. The van der Waals surface area contributed by atoms with Crippen LogP contribution in [0.15, 0.2) is 40.9 Å². The lowest BCUT2D eigenvalue weighted by Gasteiger charge is -2.13. The fourth-order valence-electron chi connectivity index (χ4n) is 4.05. The molecule has 168 valence electrons. The van der Waals surface area contributed by atoms with E-state index in [2.05, 4.69) is 21.5 Å². The Kier molecular flexibility index (Phi) is 6.53. The zero-order chi connectivity index (χ0) is 22.7. The molecule has 32 heavy (non-hydrogen) atoms. The minimum atomic E-state index is -0.496. The van der Waals surface area contributed by atoms with Crippen LogP contribution >= 0.6 is 0 Å². The number of hydrogen-bond acceptors (Lipinski definition) is 8. The topological polar surface area (TPSA) is 107 Å². The molecular weight excluding hydrogens is 410 g/mol. The van der Waals surface area contributed by atoms with Crippen molar-refractivity contribution in [3.63, 3.8) is 0 Å². The molecule has 2 aromatic carbocycles. The second-order valence-corrected chi connectivity index (χ2v) is 7.93. The molecule has 1 heterocycles. The van der Waals surface area contributed by atoms with Crippen LogP contribution in [0.1, 0.15) is 47.8 Å². The predicted octanol–water partition coefficient (Wildman–Crippen LogP) is 3.55. The molecule has 1 unspecified atom stereocenters. The third-order valence-corrected chi connectivity index (χ3v) is 5.43. The minimum Gasteiger partial charge on any atom is -0.490 e. The molecule has 0 saturated heterocycles. The first-order chi connectivity index (χ1) is 15.5. The van der Waals surface area contributed by atoms with Crippen molar-refractivity contribution in [2.45, 2.75) is 38.8 Å². The first-order valence-electron chi connectivity index (χ1n) is 10.7. The van der Waals surface area contributed by atoms with Crippen LogP contribution < -0.4 is 10.1 Å². The second-order valence-electron chi connectivity index (χ2n) is 7.93. The van der Waals surface area contributed by atoms with Gasteiger partial charge in [0.2, 0.25) is 5.82 Å². The van der Waals surface area contributed by atoms with Crippen LogP contribution in [0.5, 0.6) is 5.75 Å². The number of hydrogen-bond donors (Lipinski definition) is 2. The molecule has 0 radical (unpaired) electrons. The van der Waals surface area contributed by atoms with E-state index in [1.165, 1.54) is 18.2 Å². The summed E-state index contributed by atoms with van der Waals surface area (Å²) >= 11 is 0. The maximum absolute atomic E-state index is 12.3. The number of ether oxygens (including phenoxy) is 2. The van der Waals surface area contributed by atoms with Crippen LogP contribution in [-0.2, 0) is 11.2 Å². The number of fused-ring (bicyclic) bond motifs is 1. The molecule has 0 fully saturated rings. The molecule has 0 saturated carbocycles. The summed E-state index contributed by atoms with van der Waals surface area (Å²) in [6.45, 7) is 4.44. The minimum absolute atomic E-state index is 0.0878. The average Bonchev–Trinajstić information content (AvgIpc) is 3.44. The van der Waals surface area contributed by atoms with E-state index in [0.29, 0.717) is 35.1 Å². The Labute approximate surface area is 186 Å². The van der Waals surface area contributed by atoms with Gasteiger partial charge in [-0.15, -0.1) is 0 Å². The molecule has 1 aliphatic rings. The molecule has 0 aliphatic heterocycles. The van der Waals surface area contributed by atoms with Crippen molar-refractivity contribution < 1.29 is 23.9 Å². The van der Waals surface area contributed by atoms with Gasteiger partial charge in [-0.25, -0.2) is 4.79 Å². The monoisotopic (exact) mass is 437 g/mol. The highest BCUT2D eigenvalue weighted by Crippen LogP contribution is 2.37. The highest BCUT2D eigenvalue weighted by molar-refractivity contribution is 5.93. The van der Waals surface area contributed by atoms with Crippen LogP contribution in [0, 0.1) is 0 Å². The zero-order valence-electron chi connectivity index (χ0n) is 18.4. The van der Waals surface area contributed by atoms with Gasteiger partial charge in [-0.1, -0.05) is 23.4 Å². The van der Waals surface area contributed by atoms with E-state index in [1.807, 2.05) is 26.0 Å². The lowest BCUT2D eigenvalue weighted by atomic mass is 10.0. The third-order valence-electron chi connectivity index (χ3n) is 5.43. The summed E-state index contributed by atoms with van der Waals surface area (Å²) in [4.78, 5) is 16.9. The molecule has 8 nitrogen and oxygen atoms in total. The van der Waals surface area contributed by atoms with E-state index in [4.69, 9.17) is 19.1 Å². The molecule has 2 N–H and O–H groups in total. The number of methoxy groups -OCH3 is 1. The van der Waals surface area contributed by atoms with E-state index < -0.39 is 5.97 Å². The number of aliphatic hydroxyl groups is 1. The van der Waals surface area contributed by atoms with E-state index in [9.17, 15) is 4.79 Å². The Morgan fingerprint density at radius 2 is 2.16 bits per heavy atom. The van der Waals surface area contributed by atoms with E-state index >= 15 is 0 Å². The molecule has 3 aromatic rings. The summed E-state index contributed by atoms with van der Waals surface area (Å²) in [5, 5.41) is 16.7. The SMILES string of the molecule is COC(=O)c1cc(-c2nc(-c3cccc4c3CCC4NCCO)no2)ccc1OC(C)C. The van der Waals surface area contributed by atoms with Gasteiger partial charge in [0.1, 0.15) is 11.3 Å². The van der Waals surface area contributed by atoms with Gasteiger partial charge in [0.25, 0.3) is 5.89 Å². The summed E-state index contributed by atoms with van der Waals surface area (Å²) in [5.74, 6) is 0.760. The first-order valence-corrected chi connectivity index (χ1v) is 10.7. The number of carbonyl (C=O) groups is 1. The molecule has 1 aliphatic carbocycles. The molecule has 0 spiro atoms. The fraction of sp³-hybridized carbons (Fsp3) is 0.375. The van der Waals surface area contributed by atoms with Crippen LogP contribution in [-0.4, -0.2) is 47.6 Å². The second kappa shape index (κ2) is 9.50. The highest BCUT2D eigenvalue weighted by Gasteiger charge is 2.26. The summed E-state index contributed by atoms with van der Waals surface area (Å²) in [5.41, 5.74) is 4.22. The molecule has 0 bridgehead atoms. The van der Waals surface area contributed by atoms with Crippen molar-refractivity contribution in [2.24, 2.45) is 0 Å². The maximum atomic E-state index is 12.3. The van der Waals surface area contributed by atoms with Gasteiger partial charge in [0, 0.05) is 23.7 Å². The predicted molar refractivity (Wildman–Crippen MR) is 118 cm³/mol. The number of aliphatic hydroxyl groups excluding tert-OH is 1. The number of benzene rings is 2. The zero-order valence-corrected chi connectivity index (χ0v) is 18.4. The Morgan fingerprint density at radius 3 is 2.91 bits per heavy atom. The smallest absolute Gasteiger partial charge is 0.341 e. The van der Waals surface area contributed by atoms with Gasteiger partial charge in [-0.3, -0.25) is 0 Å². The largest absolute Gasteiger partial charge is 0.490 e. The Bertz CT molecular complexity index is 1110. The van der Waals surface area contributed by atoms with Gasteiger partial charge < -0.3 is 24.4 Å². The van der Waals surface area contributed by atoms with Crippen molar-refractivity contribution >= 4 is 5.97 Å². The highest BCUT2D eigenvalue weighted by atomic mass is 16.5. The number of aromatic nitrogens is 2. The van der Waals surface area contributed by atoms with Crippen LogP contribution in [0.3, 0.4) is 0 Å². The molecule has 0 amide bonds. The fourth-order valence-corrected chi connectivity index (χ4v) is 4.05. The summed E-state index contributed by atoms with van der Waals surface area (Å²) < 4.78 is 16.2. The van der Waals surface area contributed by atoms with Gasteiger partial charge in [0.05, 0.1) is 19.8 Å². The van der Waals surface area contributed by atoms with Crippen molar-refractivity contribution in [3.05, 3.63) is 53.1 Å². The van der Waals surface area contributed by atoms with Crippen LogP contribution in [0.4, 0.5) is 0 Å². The van der Waals surface area contributed by atoms with Crippen molar-refractivity contribution in [2.75, 3.05) is 20.3 Å². The van der Waals surface area contributed by atoms with Crippen molar-refractivity contribution in [1.82, 2.24) is 15.5 Å². The number of carbonyl (C=O) groups excluding carboxylic acids is 1. The van der Waals surface area contributed by atoms with E-state index in [-0.39, 0.29) is 18.8 Å². The lowest BCUT2D eigenvalue weighted by Crippen LogP contribution is -2.22. The quantitative estimate of drug-likeness (QED) is 0.516. The third kappa shape index (κ3) is 4.37. The number of esters is 1. The normalized spacial score (nSPS) is 15.1. The van der Waals surface area contributed by atoms with Gasteiger partial charge in [-0.2, -0.15) is 4.98 Å². The number of rotatable bonds is 8. The summed E-state index contributed by atoms with van der Waals surface area (Å²) in [6.07, 6.45) is 1.76. The molecule has 1 atom stereocenters. The summed E-state index contributed by atoms with van der Waals surface area (Å²) in [7, 11) is 1.33. The first kappa shape index (κ1) is 22.0. The van der Waals surface area contributed by atoms with E-state index in [0.717, 1.165) is 18.4 Å². The van der Waals surface area contributed by atoms with E-state index in [1.54, 1.807) is 18.2 Å². The molecular formula is C24H27N3O5. The molecule has 4 rings (SSSR count). The maximum Gasteiger partial charge on any atom is 0.341 e. The van der Waals surface area contributed by atoms with Gasteiger partial charge >= 0.3 is 5.97 Å². The van der Waals surface area contributed by atoms with Crippen molar-refractivity contribution in [3.8, 4) is 28.6 Å². The van der Waals surface area contributed by atoms with Crippen LogP contribution in [0.2, 0.25) is 0 Å². The molecule has 8 heteroatoms. The lowest BCUT2D eigenvalue weighted by molar-refractivity contribution is 0.0594. The van der Waals surface area contributed by atoms with Crippen molar-refractivity contribution in [1.29, 1.82) is 0 Å². The van der Waals surface area contributed by atoms with Crippen LogP contribution in [0.25, 0.3) is 22.8 Å². The average molecular weight is 437 g/mol.